The fraction of sp³-hybridized carbons (Fsp3) is 0.450. The molecule has 26 heavy (non-hydrogen) atoms. The number of ether oxygens (including phenoxy) is 1. The number of rotatable bonds is 6. The number of esters is 1. The smallest absolute Gasteiger partial charge is 0.308 e. The summed E-state index contributed by atoms with van der Waals surface area (Å²) < 4.78 is 5.11. The van der Waals surface area contributed by atoms with Crippen LogP contribution < -0.4 is 5.32 Å². The van der Waals surface area contributed by atoms with Crippen molar-refractivity contribution >= 4 is 29.1 Å². The summed E-state index contributed by atoms with van der Waals surface area (Å²) in [6.07, 6.45) is 0.407. The van der Waals surface area contributed by atoms with E-state index in [0.717, 1.165) is 22.4 Å². The number of nitrogens with zero attached hydrogens (tertiary/aromatic N) is 2. The van der Waals surface area contributed by atoms with Crippen molar-refractivity contribution in [2.75, 3.05) is 11.9 Å². The molecule has 6 heteroatoms. The van der Waals surface area contributed by atoms with E-state index in [9.17, 15) is 4.79 Å². The van der Waals surface area contributed by atoms with Gasteiger partial charge in [-0.1, -0.05) is 36.2 Å². The van der Waals surface area contributed by atoms with Crippen molar-refractivity contribution in [2.45, 2.75) is 48.0 Å². The predicted molar refractivity (Wildman–Crippen MR) is 105 cm³/mol. The molecule has 1 unspecified atom stereocenters. The maximum Gasteiger partial charge on any atom is 0.308 e. The van der Waals surface area contributed by atoms with Crippen LogP contribution in [0.5, 0.6) is 0 Å². The van der Waals surface area contributed by atoms with Gasteiger partial charge in [0.15, 0.2) is 0 Å². The number of nitrogens with one attached hydrogen (secondary N) is 1. The van der Waals surface area contributed by atoms with Crippen molar-refractivity contribution < 1.29 is 9.53 Å². The number of hydrogen-bond donors (Lipinski definition) is 1. The fourth-order valence-electron chi connectivity index (χ4n) is 3.02. The summed E-state index contributed by atoms with van der Waals surface area (Å²) in [7, 11) is 0. The lowest BCUT2D eigenvalue weighted by atomic mass is 10.0. The zero-order valence-corrected chi connectivity index (χ0v) is 17.0. The highest BCUT2D eigenvalue weighted by Crippen LogP contribution is 2.30. The molecule has 0 aliphatic heterocycles. The minimum atomic E-state index is -0.334. The first-order chi connectivity index (χ1) is 12.2. The molecule has 0 spiro atoms. The SMILES string of the molecule is CCOC(=O)C(C)Cc1c(Cl)nc(C)nc1Nc1c(C)cc(C)cc1C. The first kappa shape index (κ1) is 20.2. The first-order valence-corrected chi connectivity index (χ1v) is 9.15. The summed E-state index contributed by atoms with van der Waals surface area (Å²) in [4.78, 5) is 20.8. The average molecular weight is 376 g/mol. The van der Waals surface area contributed by atoms with Gasteiger partial charge in [-0.25, -0.2) is 9.97 Å². The Morgan fingerprint density at radius 2 is 1.81 bits per heavy atom. The van der Waals surface area contributed by atoms with Crippen LogP contribution in [0.25, 0.3) is 0 Å². The summed E-state index contributed by atoms with van der Waals surface area (Å²) in [6.45, 7) is 11.9. The van der Waals surface area contributed by atoms with E-state index in [1.807, 2.05) is 6.92 Å². The fourth-order valence-corrected chi connectivity index (χ4v) is 3.30. The Kier molecular flexibility index (Phi) is 6.59. The quantitative estimate of drug-likeness (QED) is 0.577. The highest BCUT2D eigenvalue weighted by atomic mass is 35.5. The van der Waals surface area contributed by atoms with Gasteiger partial charge in [0.2, 0.25) is 0 Å². The lowest BCUT2D eigenvalue weighted by Gasteiger charge is -2.18. The molecular formula is C20H26ClN3O2. The Bertz CT molecular complexity index is 798. The van der Waals surface area contributed by atoms with Crippen LogP contribution in [-0.2, 0) is 16.0 Å². The monoisotopic (exact) mass is 375 g/mol. The van der Waals surface area contributed by atoms with Gasteiger partial charge in [0.25, 0.3) is 0 Å². The molecule has 140 valence electrons. The number of halogens is 1. The van der Waals surface area contributed by atoms with E-state index in [0.29, 0.717) is 29.8 Å². The van der Waals surface area contributed by atoms with Gasteiger partial charge in [-0.05, 0) is 52.2 Å². The van der Waals surface area contributed by atoms with Gasteiger partial charge in [-0.2, -0.15) is 0 Å². The minimum Gasteiger partial charge on any atom is -0.466 e. The summed E-state index contributed by atoms with van der Waals surface area (Å²) in [5, 5.41) is 3.77. The molecule has 0 saturated heterocycles. The van der Waals surface area contributed by atoms with Gasteiger partial charge in [0.05, 0.1) is 12.5 Å². The summed E-state index contributed by atoms with van der Waals surface area (Å²) in [5.74, 6) is 0.624. The molecule has 0 bridgehead atoms. The maximum absolute atomic E-state index is 12.0. The van der Waals surface area contributed by atoms with Crippen molar-refractivity contribution in [3.63, 3.8) is 0 Å². The third-order valence-electron chi connectivity index (χ3n) is 4.19. The van der Waals surface area contributed by atoms with Crippen LogP contribution in [0, 0.1) is 33.6 Å². The first-order valence-electron chi connectivity index (χ1n) is 8.77. The number of carbonyl (C=O) groups is 1. The van der Waals surface area contributed by atoms with Gasteiger partial charge in [0, 0.05) is 11.3 Å². The molecule has 0 amide bonds. The molecular weight excluding hydrogens is 350 g/mol. The standard InChI is InChI=1S/C20H26ClN3O2/c1-7-26-20(25)14(5)10-16-18(21)22-15(6)23-19(16)24-17-12(3)8-11(2)9-13(17)4/h8-9,14H,7,10H2,1-6H3,(H,22,23,24). The maximum atomic E-state index is 12.0. The topological polar surface area (TPSA) is 64.1 Å². The van der Waals surface area contributed by atoms with Gasteiger partial charge in [-0.3, -0.25) is 4.79 Å². The number of aromatic nitrogens is 2. The highest BCUT2D eigenvalue weighted by molar-refractivity contribution is 6.30. The largest absolute Gasteiger partial charge is 0.466 e. The van der Waals surface area contributed by atoms with Crippen LogP contribution in [0.15, 0.2) is 12.1 Å². The summed E-state index contributed by atoms with van der Waals surface area (Å²) in [6, 6.07) is 4.23. The number of benzene rings is 1. The van der Waals surface area contributed by atoms with Crippen molar-refractivity contribution in [1.29, 1.82) is 0 Å². The van der Waals surface area contributed by atoms with E-state index in [2.05, 4.69) is 48.2 Å². The molecule has 1 heterocycles. The lowest BCUT2D eigenvalue weighted by Crippen LogP contribution is -2.18. The van der Waals surface area contributed by atoms with Crippen LogP contribution in [-0.4, -0.2) is 22.5 Å². The van der Waals surface area contributed by atoms with E-state index >= 15 is 0 Å². The second-order valence-corrected chi connectivity index (χ2v) is 7.00. The molecule has 5 nitrogen and oxygen atoms in total. The van der Waals surface area contributed by atoms with Crippen LogP contribution >= 0.6 is 11.6 Å². The molecule has 0 fully saturated rings. The van der Waals surface area contributed by atoms with E-state index < -0.39 is 0 Å². The Morgan fingerprint density at radius 1 is 1.19 bits per heavy atom. The van der Waals surface area contributed by atoms with Gasteiger partial charge in [0.1, 0.15) is 16.8 Å². The van der Waals surface area contributed by atoms with E-state index in [4.69, 9.17) is 16.3 Å². The molecule has 0 aliphatic carbocycles. The number of anilines is 2. The minimum absolute atomic E-state index is 0.252. The number of hydrogen-bond acceptors (Lipinski definition) is 5. The Morgan fingerprint density at radius 3 is 2.38 bits per heavy atom. The van der Waals surface area contributed by atoms with E-state index in [-0.39, 0.29) is 11.9 Å². The van der Waals surface area contributed by atoms with Gasteiger partial charge >= 0.3 is 5.97 Å². The second-order valence-electron chi connectivity index (χ2n) is 6.64. The normalized spacial score (nSPS) is 12.0. The Hall–Kier alpha value is -2.14. The third kappa shape index (κ3) is 4.73. The zero-order chi connectivity index (χ0) is 19.4. The molecule has 0 aliphatic rings. The molecule has 2 rings (SSSR count). The second kappa shape index (κ2) is 8.49. The molecule has 0 radical (unpaired) electrons. The Labute approximate surface area is 160 Å². The highest BCUT2D eigenvalue weighted by Gasteiger charge is 2.21. The van der Waals surface area contributed by atoms with Gasteiger partial charge in [-0.15, -0.1) is 0 Å². The van der Waals surface area contributed by atoms with Crippen LogP contribution in [0.1, 0.15) is 41.9 Å². The summed E-state index contributed by atoms with van der Waals surface area (Å²) in [5.41, 5.74) is 5.17. The molecule has 1 atom stereocenters. The molecule has 1 N–H and O–H groups in total. The number of carbonyl (C=O) groups excluding carboxylic acids is 1. The van der Waals surface area contributed by atoms with Gasteiger partial charge < -0.3 is 10.1 Å². The van der Waals surface area contributed by atoms with Crippen molar-refractivity contribution in [3.8, 4) is 0 Å². The van der Waals surface area contributed by atoms with Crippen LogP contribution in [0.2, 0.25) is 5.15 Å². The predicted octanol–water partition coefficient (Wildman–Crippen LogP) is 4.85. The zero-order valence-electron chi connectivity index (χ0n) is 16.2. The van der Waals surface area contributed by atoms with E-state index in [1.54, 1.807) is 13.8 Å². The molecule has 2 aromatic rings. The van der Waals surface area contributed by atoms with Crippen molar-refractivity contribution in [3.05, 3.63) is 45.4 Å². The van der Waals surface area contributed by atoms with Crippen molar-refractivity contribution in [1.82, 2.24) is 9.97 Å². The lowest BCUT2D eigenvalue weighted by molar-refractivity contribution is -0.147. The average Bonchev–Trinajstić information content (AvgIpc) is 2.53. The third-order valence-corrected chi connectivity index (χ3v) is 4.50. The Balaban J connectivity index is 2.41. The van der Waals surface area contributed by atoms with E-state index in [1.165, 1.54) is 5.56 Å². The van der Waals surface area contributed by atoms with Crippen molar-refractivity contribution in [2.24, 2.45) is 5.92 Å². The number of aryl methyl sites for hydroxylation is 4. The van der Waals surface area contributed by atoms with Crippen LogP contribution in [0.3, 0.4) is 0 Å². The summed E-state index contributed by atoms with van der Waals surface area (Å²) >= 11 is 6.39. The molecule has 1 aromatic heterocycles. The van der Waals surface area contributed by atoms with Crippen LogP contribution in [0.4, 0.5) is 11.5 Å². The molecule has 1 aromatic carbocycles. The molecule has 0 saturated carbocycles.